The first-order chi connectivity index (χ1) is 13.8. The summed E-state index contributed by atoms with van der Waals surface area (Å²) in [6.45, 7) is 1.19. The highest BCUT2D eigenvalue weighted by Crippen LogP contribution is 2.61. The van der Waals surface area contributed by atoms with Crippen molar-refractivity contribution in [2.75, 3.05) is 13.4 Å². The van der Waals surface area contributed by atoms with Crippen molar-refractivity contribution in [2.45, 2.75) is 83.2 Å². The standard InChI is InChI=1S/C22H32F2O5/c1-21(23,24)19(25)29-18-16-7-15-8-17(18)11-22(9-15,10-16)20(26)28-13-27-12-14-5-3-2-4-6-14/h14-18H,2-13H2,1H3. The summed E-state index contributed by atoms with van der Waals surface area (Å²) in [5.74, 6) is -4.31. The van der Waals surface area contributed by atoms with E-state index in [0.717, 1.165) is 19.3 Å². The molecule has 0 N–H and O–H groups in total. The lowest BCUT2D eigenvalue weighted by molar-refractivity contribution is -0.211. The Morgan fingerprint density at radius 3 is 2.31 bits per heavy atom. The first-order valence-electron chi connectivity index (χ1n) is 11.1. The van der Waals surface area contributed by atoms with Gasteiger partial charge in [0, 0.05) is 6.92 Å². The normalized spacial score (nSPS) is 36.8. The molecule has 0 aliphatic heterocycles. The van der Waals surface area contributed by atoms with Crippen LogP contribution in [0.5, 0.6) is 0 Å². The van der Waals surface area contributed by atoms with Gasteiger partial charge in [-0.2, -0.15) is 8.78 Å². The molecule has 5 fully saturated rings. The van der Waals surface area contributed by atoms with Gasteiger partial charge < -0.3 is 14.2 Å². The van der Waals surface area contributed by atoms with Crippen LogP contribution in [0.4, 0.5) is 8.78 Å². The van der Waals surface area contributed by atoms with E-state index in [-0.39, 0.29) is 24.6 Å². The van der Waals surface area contributed by atoms with Gasteiger partial charge in [0.15, 0.2) is 6.79 Å². The molecule has 0 heterocycles. The van der Waals surface area contributed by atoms with Crippen molar-refractivity contribution in [2.24, 2.45) is 29.1 Å². The second-order valence-corrected chi connectivity index (χ2v) is 9.93. The van der Waals surface area contributed by atoms with E-state index >= 15 is 0 Å². The monoisotopic (exact) mass is 414 g/mol. The topological polar surface area (TPSA) is 61.8 Å². The zero-order valence-electron chi connectivity index (χ0n) is 17.2. The summed E-state index contributed by atoms with van der Waals surface area (Å²) in [7, 11) is 0. The van der Waals surface area contributed by atoms with Gasteiger partial charge in [-0.15, -0.1) is 0 Å². The van der Waals surface area contributed by atoms with E-state index in [4.69, 9.17) is 14.2 Å². The minimum absolute atomic E-state index is 0.0163. The molecule has 2 atom stereocenters. The van der Waals surface area contributed by atoms with Crippen LogP contribution >= 0.6 is 0 Å². The second-order valence-electron chi connectivity index (χ2n) is 9.93. The molecule has 5 aliphatic carbocycles. The van der Waals surface area contributed by atoms with Crippen molar-refractivity contribution >= 4 is 11.9 Å². The molecule has 5 saturated carbocycles. The molecule has 0 spiro atoms. The van der Waals surface area contributed by atoms with Crippen LogP contribution in [0.3, 0.4) is 0 Å². The molecule has 0 amide bonds. The van der Waals surface area contributed by atoms with Crippen molar-refractivity contribution in [1.29, 1.82) is 0 Å². The highest BCUT2D eigenvalue weighted by molar-refractivity contribution is 5.78. The molecule has 7 heteroatoms. The number of esters is 2. The summed E-state index contributed by atoms with van der Waals surface area (Å²) in [4.78, 5) is 24.6. The first kappa shape index (κ1) is 21.0. The second kappa shape index (κ2) is 8.12. The fourth-order valence-corrected chi connectivity index (χ4v) is 6.46. The molecule has 0 aromatic heterocycles. The predicted molar refractivity (Wildman–Crippen MR) is 100.0 cm³/mol. The van der Waals surface area contributed by atoms with E-state index in [0.29, 0.717) is 38.2 Å². The lowest BCUT2D eigenvalue weighted by Crippen LogP contribution is -2.58. The number of ether oxygens (including phenoxy) is 3. The largest absolute Gasteiger partial charge is 0.457 e. The van der Waals surface area contributed by atoms with Crippen LogP contribution in [-0.2, 0) is 23.8 Å². The Morgan fingerprint density at radius 1 is 1.03 bits per heavy atom. The smallest absolute Gasteiger partial charge is 0.376 e. The highest BCUT2D eigenvalue weighted by Gasteiger charge is 2.60. The van der Waals surface area contributed by atoms with Crippen molar-refractivity contribution in [3.8, 4) is 0 Å². The summed E-state index contributed by atoms with van der Waals surface area (Å²) >= 11 is 0. The van der Waals surface area contributed by atoms with Gasteiger partial charge in [0.2, 0.25) is 0 Å². The minimum Gasteiger partial charge on any atom is -0.457 e. The first-order valence-corrected chi connectivity index (χ1v) is 11.1. The Balaban J connectivity index is 1.30. The summed E-state index contributed by atoms with van der Waals surface area (Å²) in [6.07, 6.45) is 9.19. The molecule has 5 aliphatic rings. The molecule has 0 radical (unpaired) electrons. The summed E-state index contributed by atoms with van der Waals surface area (Å²) in [5.41, 5.74) is -0.567. The Bertz CT molecular complexity index is 609. The summed E-state index contributed by atoms with van der Waals surface area (Å²) in [6, 6.07) is 0. The van der Waals surface area contributed by atoms with Crippen LogP contribution in [0.25, 0.3) is 0 Å². The van der Waals surface area contributed by atoms with Gasteiger partial charge in [-0.1, -0.05) is 19.3 Å². The van der Waals surface area contributed by atoms with Gasteiger partial charge in [0.1, 0.15) is 6.10 Å². The Kier molecular flexibility index (Phi) is 5.88. The molecular weight excluding hydrogens is 382 g/mol. The lowest BCUT2D eigenvalue weighted by atomic mass is 9.48. The number of hydrogen-bond acceptors (Lipinski definition) is 5. The Morgan fingerprint density at radius 2 is 1.69 bits per heavy atom. The number of hydrogen-bond donors (Lipinski definition) is 0. The molecule has 4 bridgehead atoms. The number of halogens is 2. The van der Waals surface area contributed by atoms with Crippen molar-refractivity contribution in [3.63, 3.8) is 0 Å². The van der Waals surface area contributed by atoms with Gasteiger partial charge in [-0.25, -0.2) is 4.79 Å². The zero-order chi connectivity index (χ0) is 20.6. The fourth-order valence-electron chi connectivity index (χ4n) is 6.46. The number of carbonyl (C=O) groups excluding carboxylic acids is 2. The third-order valence-electron chi connectivity index (χ3n) is 7.57. The maximum atomic E-state index is 13.3. The molecule has 0 saturated heterocycles. The predicted octanol–water partition coefficient (Wildman–Crippen LogP) is 4.48. The third-order valence-corrected chi connectivity index (χ3v) is 7.57. The number of rotatable bonds is 7. The van der Waals surface area contributed by atoms with Gasteiger partial charge in [-0.05, 0) is 68.6 Å². The van der Waals surface area contributed by atoms with Crippen LogP contribution in [0.15, 0.2) is 0 Å². The SMILES string of the molecule is CC(F)(F)C(=O)OC1C2CC3CC1CC(C(=O)OCOCC1CCCCC1)(C3)C2. The summed E-state index contributed by atoms with van der Waals surface area (Å²) in [5, 5.41) is 0. The van der Waals surface area contributed by atoms with Gasteiger partial charge in [-0.3, -0.25) is 4.79 Å². The molecule has 5 rings (SSSR count). The van der Waals surface area contributed by atoms with E-state index in [1.54, 1.807) is 0 Å². The highest BCUT2D eigenvalue weighted by atomic mass is 19.3. The molecule has 2 unspecified atom stereocenters. The number of alkyl halides is 2. The van der Waals surface area contributed by atoms with Crippen LogP contribution in [0.1, 0.15) is 71.1 Å². The van der Waals surface area contributed by atoms with E-state index < -0.39 is 23.4 Å². The van der Waals surface area contributed by atoms with Gasteiger partial charge >= 0.3 is 17.9 Å². The van der Waals surface area contributed by atoms with Crippen molar-refractivity contribution in [1.82, 2.24) is 0 Å². The lowest BCUT2D eigenvalue weighted by Gasteiger charge is -2.57. The van der Waals surface area contributed by atoms with Crippen LogP contribution in [0.2, 0.25) is 0 Å². The number of carbonyl (C=O) groups is 2. The molecule has 0 aromatic rings. The van der Waals surface area contributed by atoms with Crippen LogP contribution in [0, 0.1) is 29.1 Å². The average molecular weight is 414 g/mol. The van der Waals surface area contributed by atoms with E-state index in [2.05, 4.69) is 0 Å². The van der Waals surface area contributed by atoms with Crippen molar-refractivity contribution < 1.29 is 32.6 Å². The van der Waals surface area contributed by atoms with Crippen molar-refractivity contribution in [3.05, 3.63) is 0 Å². The van der Waals surface area contributed by atoms with Gasteiger partial charge in [0.05, 0.1) is 12.0 Å². The molecule has 164 valence electrons. The molecule has 29 heavy (non-hydrogen) atoms. The van der Waals surface area contributed by atoms with E-state index in [9.17, 15) is 18.4 Å². The average Bonchev–Trinajstić information content (AvgIpc) is 2.67. The minimum atomic E-state index is -3.49. The zero-order valence-corrected chi connectivity index (χ0v) is 17.2. The maximum Gasteiger partial charge on any atom is 0.376 e. The van der Waals surface area contributed by atoms with Crippen LogP contribution in [-0.4, -0.2) is 37.4 Å². The van der Waals surface area contributed by atoms with E-state index in [1.807, 2.05) is 0 Å². The Labute approximate surface area is 170 Å². The molecule has 5 nitrogen and oxygen atoms in total. The quantitative estimate of drug-likeness (QED) is 0.349. The van der Waals surface area contributed by atoms with Gasteiger partial charge in [0.25, 0.3) is 0 Å². The fraction of sp³-hybridized carbons (Fsp3) is 0.909. The molecular formula is C22H32F2O5. The van der Waals surface area contributed by atoms with E-state index in [1.165, 1.54) is 32.1 Å². The van der Waals surface area contributed by atoms with Crippen LogP contribution < -0.4 is 0 Å². The third kappa shape index (κ3) is 4.44. The Hall–Kier alpha value is -1.24. The molecule has 0 aromatic carbocycles. The summed E-state index contributed by atoms with van der Waals surface area (Å²) < 4.78 is 42.9. The maximum absolute atomic E-state index is 13.3.